The van der Waals surface area contributed by atoms with Crippen molar-refractivity contribution in [2.24, 2.45) is 0 Å². The Labute approximate surface area is 162 Å². The number of likely N-dealkylation sites (N-methyl/N-ethyl adjacent to an activating group) is 1. The van der Waals surface area contributed by atoms with Crippen LogP contribution in [0, 0.1) is 0 Å². The molecular formula is C20H32N6O. The van der Waals surface area contributed by atoms with Crippen LogP contribution in [-0.4, -0.2) is 96.0 Å². The normalized spacial score (nSPS) is 23.6. The Kier molecular flexibility index (Phi) is 5.88. The van der Waals surface area contributed by atoms with Gasteiger partial charge in [0.05, 0.1) is 0 Å². The highest BCUT2D eigenvalue weighted by Gasteiger charge is 2.28. The van der Waals surface area contributed by atoms with Crippen molar-refractivity contribution in [3.8, 4) is 0 Å². The minimum absolute atomic E-state index is 0.0519. The monoisotopic (exact) mass is 372 g/mol. The molecule has 1 saturated carbocycles. The second-order valence-electron chi connectivity index (χ2n) is 8.17. The number of piperazine rings is 2. The zero-order valence-corrected chi connectivity index (χ0v) is 16.5. The average molecular weight is 373 g/mol. The summed E-state index contributed by atoms with van der Waals surface area (Å²) in [7, 11) is 2.14. The number of anilines is 1. The van der Waals surface area contributed by atoms with E-state index in [1.807, 2.05) is 11.0 Å². The van der Waals surface area contributed by atoms with Crippen LogP contribution in [0.3, 0.4) is 0 Å². The molecule has 4 rings (SSSR count). The first-order chi connectivity index (χ1) is 13.2. The van der Waals surface area contributed by atoms with Gasteiger partial charge in [-0.25, -0.2) is 9.97 Å². The molecule has 1 amide bonds. The van der Waals surface area contributed by atoms with Crippen molar-refractivity contribution in [3.63, 3.8) is 0 Å². The highest BCUT2D eigenvalue weighted by Crippen LogP contribution is 2.24. The van der Waals surface area contributed by atoms with Gasteiger partial charge in [-0.2, -0.15) is 0 Å². The first-order valence-electron chi connectivity index (χ1n) is 10.5. The van der Waals surface area contributed by atoms with Crippen LogP contribution in [0.5, 0.6) is 0 Å². The molecule has 3 heterocycles. The molecule has 1 aromatic rings. The smallest absolute Gasteiger partial charge is 0.272 e. The van der Waals surface area contributed by atoms with Gasteiger partial charge >= 0.3 is 0 Å². The largest absolute Gasteiger partial charge is 0.354 e. The lowest BCUT2D eigenvalue weighted by molar-refractivity contribution is 0.0518. The van der Waals surface area contributed by atoms with Crippen molar-refractivity contribution >= 4 is 11.7 Å². The lowest BCUT2D eigenvalue weighted by atomic mass is 9.94. The van der Waals surface area contributed by atoms with Gasteiger partial charge in [0.2, 0.25) is 0 Å². The Morgan fingerprint density at radius 2 is 1.63 bits per heavy atom. The van der Waals surface area contributed by atoms with Crippen LogP contribution in [0.4, 0.5) is 5.82 Å². The summed E-state index contributed by atoms with van der Waals surface area (Å²) in [4.78, 5) is 30.8. The maximum absolute atomic E-state index is 13.0. The van der Waals surface area contributed by atoms with E-state index in [1.54, 1.807) is 6.33 Å². The van der Waals surface area contributed by atoms with E-state index in [9.17, 15) is 4.79 Å². The number of carbonyl (C=O) groups excluding carboxylic acids is 1. The van der Waals surface area contributed by atoms with Crippen molar-refractivity contribution in [2.75, 3.05) is 64.3 Å². The zero-order valence-electron chi connectivity index (χ0n) is 16.5. The van der Waals surface area contributed by atoms with E-state index in [-0.39, 0.29) is 5.91 Å². The number of hydrogen-bond donors (Lipinski definition) is 0. The summed E-state index contributed by atoms with van der Waals surface area (Å²) < 4.78 is 0. The van der Waals surface area contributed by atoms with E-state index in [0.717, 1.165) is 64.2 Å². The molecule has 1 aromatic heterocycles. The molecule has 0 aromatic carbocycles. The number of hydrogen-bond acceptors (Lipinski definition) is 6. The third-order valence-corrected chi connectivity index (χ3v) is 6.39. The Morgan fingerprint density at radius 3 is 2.33 bits per heavy atom. The van der Waals surface area contributed by atoms with Crippen LogP contribution in [0.1, 0.15) is 42.6 Å². The van der Waals surface area contributed by atoms with E-state index >= 15 is 0 Å². The summed E-state index contributed by atoms with van der Waals surface area (Å²) in [5.74, 6) is 0.929. The molecular weight excluding hydrogens is 340 g/mol. The standard InChI is InChI=1S/C20H32N6O/c1-23-7-9-25(10-8-23)19-15-18(21-16-22-19)20(27)26-13-11-24(12-14-26)17-5-3-2-4-6-17/h15-17H,2-14H2,1H3. The Hall–Kier alpha value is -1.73. The summed E-state index contributed by atoms with van der Waals surface area (Å²) >= 11 is 0. The van der Waals surface area contributed by atoms with Crippen molar-refractivity contribution in [1.82, 2.24) is 24.7 Å². The minimum Gasteiger partial charge on any atom is -0.354 e. The molecule has 7 nitrogen and oxygen atoms in total. The molecule has 0 bridgehead atoms. The van der Waals surface area contributed by atoms with Crippen LogP contribution in [0.25, 0.3) is 0 Å². The van der Waals surface area contributed by atoms with Crippen LogP contribution in [-0.2, 0) is 0 Å². The molecule has 0 spiro atoms. The minimum atomic E-state index is 0.0519. The average Bonchev–Trinajstić information content (AvgIpc) is 2.75. The molecule has 27 heavy (non-hydrogen) atoms. The summed E-state index contributed by atoms with van der Waals surface area (Å²) in [6.45, 7) is 7.54. The number of carbonyl (C=O) groups is 1. The molecule has 2 aliphatic heterocycles. The van der Waals surface area contributed by atoms with Crippen LogP contribution >= 0.6 is 0 Å². The van der Waals surface area contributed by atoms with Crippen LogP contribution in [0.15, 0.2) is 12.4 Å². The molecule has 3 aliphatic rings. The summed E-state index contributed by atoms with van der Waals surface area (Å²) in [6.07, 6.45) is 8.31. The van der Waals surface area contributed by atoms with Gasteiger partial charge in [-0.05, 0) is 19.9 Å². The lowest BCUT2D eigenvalue weighted by Crippen LogP contribution is -2.52. The van der Waals surface area contributed by atoms with Crippen molar-refractivity contribution < 1.29 is 4.79 Å². The quantitative estimate of drug-likeness (QED) is 0.798. The Morgan fingerprint density at radius 1 is 0.926 bits per heavy atom. The van der Waals surface area contributed by atoms with Crippen molar-refractivity contribution in [3.05, 3.63) is 18.1 Å². The SMILES string of the molecule is CN1CCN(c2cc(C(=O)N3CCN(C4CCCCC4)CC3)ncn2)CC1. The number of rotatable bonds is 3. The van der Waals surface area contributed by atoms with E-state index in [2.05, 4.69) is 31.7 Å². The first kappa shape index (κ1) is 18.6. The fraction of sp³-hybridized carbons (Fsp3) is 0.750. The molecule has 1 aliphatic carbocycles. The van der Waals surface area contributed by atoms with E-state index in [0.29, 0.717) is 5.69 Å². The van der Waals surface area contributed by atoms with Gasteiger partial charge in [-0.15, -0.1) is 0 Å². The van der Waals surface area contributed by atoms with Crippen molar-refractivity contribution in [1.29, 1.82) is 0 Å². The summed E-state index contributed by atoms with van der Waals surface area (Å²) in [5, 5.41) is 0. The Balaban J connectivity index is 1.35. The number of amides is 1. The maximum Gasteiger partial charge on any atom is 0.272 e. The number of nitrogens with zero attached hydrogens (tertiary/aromatic N) is 6. The third kappa shape index (κ3) is 4.41. The van der Waals surface area contributed by atoms with Gasteiger partial charge in [-0.3, -0.25) is 9.69 Å². The molecule has 3 fully saturated rings. The van der Waals surface area contributed by atoms with Crippen molar-refractivity contribution in [2.45, 2.75) is 38.1 Å². The summed E-state index contributed by atoms with van der Waals surface area (Å²) in [6, 6.07) is 2.61. The fourth-order valence-corrected chi connectivity index (χ4v) is 4.57. The zero-order chi connectivity index (χ0) is 18.6. The maximum atomic E-state index is 13.0. The predicted octanol–water partition coefficient (Wildman–Crippen LogP) is 1.32. The fourth-order valence-electron chi connectivity index (χ4n) is 4.57. The highest BCUT2D eigenvalue weighted by molar-refractivity contribution is 5.93. The second kappa shape index (κ2) is 8.52. The lowest BCUT2D eigenvalue weighted by Gasteiger charge is -2.40. The molecule has 2 saturated heterocycles. The van der Waals surface area contributed by atoms with Gasteiger partial charge in [0.1, 0.15) is 17.8 Å². The molecule has 0 atom stereocenters. The van der Waals surface area contributed by atoms with Crippen LogP contribution < -0.4 is 4.90 Å². The van der Waals surface area contributed by atoms with Gasteiger partial charge in [0.15, 0.2) is 0 Å². The topological polar surface area (TPSA) is 55.8 Å². The van der Waals surface area contributed by atoms with E-state index < -0.39 is 0 Å². The molecule has 0 radical (unpaired) electrons. The summed E-state index contributed by atoms with van der Waals surface area (Å²) in [5.41, 5.74) is 0.532. The second-order valence-corrected chi connectivity index (χ2v) is 8.17. The Bertz CT molecular complexity index is 631. The predicted molar refractivity (Wildman–Crippen MR) is 106 cm³/mol. The third-order valence-electron chi connectivity index (χ3n) is 6.39. The van der Waals surface area contributed by atoms with Gasteiger partial charge < -0.3 is 14.7 Å². The highest BCUT2D eigenvalue weighted by atomic mass is 16.2. The molecule has 0 unspecified atom stereocenters. The van der Waals surface area contributed by atoms with Gasteiger partial charge in [0.25, 0.3) is 5.91 Å². The van der Waals surface area contributed by atoms with Gasteiger partial charge in [0, 0.05) is 64.5 Å². The molecule has 0 N–H and O–H groups in total. The number of aromatic nitrogens is 2. The van der Waals surface area contributed by atoms with Crippen LogP contribution in [0.2, 0.25) is 0 Å². The molecule has 148 valence electrons. The van der Waals surface area contributed by atoms with E-state index in [4.69, 9.17) is 0 Å². The van der Waals surface area contributed by atoms with Gasteiger partial charge in [-0.1, -0.05) is 19.3 Å². The van der Waals surface area contributed by atoms with E-state index in [1.165, 1.54) is 32.1 Å². The first-order valence-corrected chi connectivity index (χ1v) is 10.5. The molecule has 7 heteroatoms.